The highest BCUT2D eigenvalue weighted by Crippen LogP contribution is 2.32. The van der Waals surface area contributed by atoms with Crippen molar-refractivity contribution in [3.8, 4) is 5.75 Å². The van der Waals surface area contributed by atoms with E-state index in [9.17, 15) is 9.90 Å². The van der Waals surface area contributed by atoms with Crippen molar-refractivity contribution in [2.24, 2.45) is 0 Å². The average Bonchev–Trinajstić information content (AvgIpc) is 3.29. The summed E-state index contributed by atoms with van der Waals surface area (Å²) < 4.78 is 6.27. The molecular formula is C29H37N3O3. The number of hydrogen-bond acceptors (Lipinski definition) is 5. The zero-order chi connectivity index (χ0) is 24.4. The van der Waals surface area contributed by atoms with E-state index in [0.29, 0.717) is 23.9 Å². The molecule has 0 spiro atoms. The molecule has 2 aromatic carbocycles. The fourth-order valence-electron chi connectivity index (χ4n) is 5.70. The normalized spacial score (nSPS) is 17.6. The highest BCUT2D eigenvalue weighted by atomic mass is 16.5. The molecule has 0 amide bonds. The highest BCUT2D eigenvalue weighted by Gasteiger charge is 2.24. The summed E-state index contributed by atoms with van der Waals surface area (Å²) in [5.41, 5.74) is 7.10. The summed E-state index contributed by atoms with van der Waals surface area (Å²) in [7, 11) is 0. The van der Waals surface area contributed by atoms with Crippen LogP contribution in [0.25, 0.3) is 10.9 Å². The zero-order valence-corrected chi connectivity index (χ0v) is 20.8. The van der Waals surface area contributed by atoms with Gasteiger partial charge in [-0.3, -0.25) is 4.79 Å². The lowest BCUT2D eigenvalue weighted by atomic mass is 9.97. The number of aromatic nitrogens is 1. The van der Waals surface area contributed by atoms with Gasteiger partial charge in [0.2, 0.25) is 5.56 Å². The SMILES string of the molecule is CCc1cc2c(cc1CC)CC(NC[C@@H](O)c1ccc(OC3CCNCC3)c3[nH]c(=O)ccc13)C2. The fourth-order valence-corrected chi connectivity index (χ4v) is 5.70. The summed E-state index contributed by atoms with van der Waals surface area (Å²) in [6, 6.07) is 12.2. The number of fused-ring (bicyclic) bond motifs is 2. The van der Waals surface area contributed by atoms with Crippen LogP contribution in [-0.4, -0.2) is 41.9 Å². The van der Waals surface area contributed by atoms with Crippen molar-refractivity contribution in [3.05, 3.63) is 74.6 Å². The van der Waals surface area contributed by atoms with Gasteiger partial charge in [0, 0.05) is 24.0 Å². The third-order valence-corrected chi connectivity index (χ3v) is 7.65. The van der Waals surface area contributed by atoms with Crippen molar-refractivity contribution in [3.63, 3.8) is 0 Å². The average molecular weight is 476 g/mol. The molecule has 35 heavy (non-hydrogen) atoms. The van der Waals surface area contributed by atoms with Gasteiger partial charge in [0.15, 0.2) is 0 Å². The first kappa shape index (κ1) is 24.0. The van der Waals surface area contributed by atoms with Gasteiger partial charge in [-0.05, 0) is 91.6 Å². The summed E-state index contributed by atoms with van der Waals surface area (Å²) in [6.45, 7) is 6.78. The molecule has 4 N–H and O–H groups in total. The molecule has 0 bridgehead atoms. The molecule has 0 saturated carbocycles. The number of hydrogen-bond donors (Lipinski definition) is 4. The molecule has 2 aliphatic rings. The molecule has 1 aliphatic heterocycles. The molecule has 1 saturated heterocycles. The van der Waals surface area contributed by atoms with Gasteiger partial charge < -0.3 is 25.5 Å². The Morgan fingerprint density at radius 3 is 2.37 bits per heavy atom. The van der Waals surface area contributed by atoms with E-state index in [4.69, 9.17) is 4.74 Å². The number of H-pyrrole nitrogens is 1. The summed E-state index contributed by atoms with van der Waals surface area (Å²) >= 11 is 0. The van der Waals surface area contributed by atoms with E-state index in [2.05, 4.69) is 41.6 Å². The predicted molar refractivity (Wildman–Crippen MR) is 140 cm³/mol. The zero-order valence-electron chi connectivity index (χ0n) is 20.8. The molecule has 0 radical (unpaired) electrons. The van der Waals surface area contributed by atoms with Crippen molar-refractivity contribution in [2.45, 2.75) is 70.6 Å². The molecule has 6 nitrogen and oxygen atoms in total. The number of ether oxygens (including phenoxy) is 1. The van der Waals surface area contributed by atoms with Crippen LogP contribution in [0.1, 0.15) is 60.6 Å². The summed E-state index contributed by atoms with van der Waals surface area (Å²) in [5, 5.41) is 18.9. The minimum atomic E-state index is -0.683. The van der Waals surface area contributed by atoms with Gasteiger partial charge in [0.05, 0.1) is 11.6 Å². The van der Waals surface area contributed by atoms with E-state index in [-0.39, 0.29) is 11.7 Å². The number of aliphatic hydroxyl groups is 1. The Bertz CT molecular complexity index is 1210. The van der Waals surface area contributed by atoms with E-state index in [1.54, 1.807) is 6.07 Å². The maximum Gasteiger partial charge on any atom is 0.248 e. The monoisotopic (exact) mass is 475 g/mol. The largest absolute Gasteiger partial charge is 0.488 e. The van der Waals surface area contributed by atoms with Crippen LogP contribution in [0.15, 0.2) is 41.2 Å². The Kier molecular flexibility index (Phi) is 7.23. The molecular weight excluding hydrogens is 438 g/mol. The van der Waals surface area contributed by atoms with Crippen molar-refractivity contribution in [1.82, 2.24) is 15.6 Å². The van der Waals surface area contributed by atoms with Crippen molar-refractivity contribution in [2.75, 3.05) is 19.6 Å². The van der Waals surface area contributed by atoms with Gasteiger partial charge >= 0.3 is 0 Å². The number of piperidine rings is 1. The van der Waals surface area contributed by atoms with Crippen LogP contribution in [-0.2, 0) is 25.7 Å². The minimum Gasteiger partial charge on any atom is -0.488 e. The van der Waals surface area contributed by atoms with Gasteiger partial charge in [-0.25, -0.2) is 0 Å². The van der Waals surface area contributed by atoms with E-state index >= 15 is 0 Å². The number of pyridine rings is 1. The van der Waals surface area contributed by atoms with Gasteiger partial charge in [0.1, 0.15) is 11.9 Å². The smallest absolute Gasteiger partial charge is 0.248 e. The Morgan fingerprint density at radius 1 is 1.03 bits per heavy atom. The Balaban J connectivity index is 1.30. The van der Waals surface area contributed by atoms with E-state index in [1.165, 1.54) is 28.3 Å². The van der Waals surface area contributed by atoms with Gasteiger partial charge in [-0.2, -0.15) is 0 Å². The van der Waals surface area contributed by atoms with Gasteiger partial charge in [0.25, 0.3) is 0 Å². The van der Waals surface area contributed by atoms with Crippen LogP contribution in [0, 0.1) is 0 Å². The predicted octanol–water partition coefficient (Wildman–Crippen LogP) is 3.57. The molecule has 2 heterocycles. The van der Waals surface area contributed by atoms with E-state index in [0.717, 1.165) is 62.6 Å². The van der Waals surface area contributed by atoms with E-state index in [1.807, 2.05) is 12.1 Å². The summed E-state index contributed by atoms with van der Waals surface area (Å²) in [6.07, 6.45) is 5.46. The summed E-state index contributed by atoms with van der Waals surface area (Å²) in [4.78, 5) is 15.1. The number of benzene rings is 2. The lowest BCUT2D eigenvalue weighted by Gasteiger charge is -2.25. The van der Waals surface area contributed by atoms with Crippen molar-refractivity contribution in [1.29, 1.82) is 0 Å². The molecule has 186 valence electrons. The van der Waals surface area contributed by atoms with Crippen LogP contribution in [0.2, 0.25) is 0 Å². The summed E-state index contributed by atoms with van der Waals surface area (Å²) in [5.74, 6) is 0.679. The Morgan fingerprint density at radius 2 is 1.71 bits per heavy atom. The highest BCUT2D eigenvalue weighted by molar-refractivity contribution is 5.87. The number of rotatable bonds is 8. The van der Waals surface area contributed by atoms with Crippen LogP contribution in [0.4, 0.5) is 0 Å². The maximum atomic E-state index is 12.1. The molecule has 3 aromatic rings. The maximum absolute atomic E-state index is 12.1. The first-order valence-electron chi connectivity index (χ1n) is 13.1. The molecule has 1 aromatic heterocycles. The van der Waals surface area contributed by atoms with Crippen molar-refractivity contribution >= 4 is 10.9 Å². The number of aliphatic hydroxyl groups excluding tert-OH is 1. The second kappa shape index (κ2) is 10.5. The van der Waals surface area contributed by atoms with Crippen LogP contribution >= 0.6 is 0 Å². The van der Waals surface area contributed by atoms with Crippen LogP contribution in [0.5, 0.6) is 5.75 Å². The quantitative estimate of drug-likeness (QED) is 0.400. The molecule has 1 atom stereocenters. The third kappa shape index (κ3) is 5.15. The second-order valence-electron chi connectivity index (χ2n) is 9.96. The topological polar surface area (TPSA) is 86.4 Å². The number of aryl methyl sites for hydroxylation is 2. The first-order chi connectivity index (χ1) is 17.1. The van der Waals surface area contributed by atoms with Gasteiger partial charge in [-0.1, -0.05) is 32.0 Å². The number of nitrogens with one attached hydrogen (secondary N) is 3. The van der Waals surface area contributed by atoms with E-state index < -0.39 is 6.10 Å². The molecule has 0 unspecified atom stereocenters. The van der Waals surface area contributed by atoms with Crippen molar-refractivity contribution < 1.29 is 9.84 Å². The van der Waals surface area contributed by atoms with Gasteiger partial charge in [-0.15, -0.1) is 0 Å². The Labute approximate surface area is 207 Å². The fraction of sp³-hybridized carbons (Fsp3) is 0.483. The lowest BCUT2D eigenvalue weighted by molar-refractivity contribution is 0.163. The molecule has 1 aliphatic carbocycles. The molecule has 5 rings (SSSR count). The molecule has 6 heteroatoms. The van der Waals surface area contributed by atoms with Crippen LogP contribution < -0.4 is 20.9 Å². The number of aromatic amines is 1. The third-order valence-electron chi connectivity index (χ3n) is 7.65. The Hall–Kier alpha value is -2.67. The van der Waals surface area contributed by atoms with Crippen LogP contribution in [0.3, 0.4) is 0 Å². The lowest BCUT2D eigenvalue weighted by Crippen LogP contribution is -2.34. The standard InChI is InChI=1S/C29H37N3O3/c1-3-18-13-20-15-22(16-21(20)14-19(18)4-2)31-17-26(33)24-5-7-27(35-23-9-11-30-12-10-23)29-25(24)6-8-28(34)32-29/h5-8,13-14,22-23,26,30-31,33H,3-4,9-12,15-17H2,1-2H3,(H,32,34)/t26-/m1/s1. The second-order valence-corrected chi connectivity index (χ2v) is 9.96. The molecule has 1 fully saturated rings. The minimum absolute atomic E-state index is 0.131. The first-order valence-corrected chi connectivity index (χ1v) is 13.1.